The van der Waals surface area contributed by atoms with Crippen LogP contribution in [0.2, 0.25) is 0 Å². The van der Waals surface area contributed by atoms with Crippen LogP contribution in [0, 0.1) is 0 Å². The molecule has 1 aromatic heterocycles. The summed E-state index contributed by atoms with van der Waals surface area (Å²) < 4.78 is 27.5. The highest BCUT2D eigenvalue weighted by Gasteiger charge is 2.17. The Hall–Kier alpha value is -0.750. The van der Waals surface area contributed by atoms with E-state index in [-0.39, 0.29) is 10.9 Å². The largest absolute Gasteiger partial charge is 0.480 e. The second kappa shape index (κ2) is 2.95. The van der Waals surface area contributed by atoms with E-state index >= 15 is 0 Å². The first-order chi connectivity index (χ1) is 5.45. The van der Waals surface area contributed by atoms with Crippen molar-refractivity contribution >= 4 is 19.7 Å². The molecule has 0 saturated heterocycles. The maximum absolute atomic E-state index is 10.8. The summed E-state index contributed by atoms with van der Waals surface area (Å²) in [5, 5.41) is 3.64. The number of rotatable bonds is 2. The van der Waals surface area contributed by atoms with Crippen LogP contribution in [0.3, 0.4) is 0 Å². The highest BCUT2D eigenvalue weighted by atomic mass is 35.7. The van der Waals surface area contributed by atoms with Gasteiger partial charge in [-0.2, -0.15) is 0 Å². The van der Waals surface area contributed by atoms with Gasteiger partial charge in [-0.1, -0.05) is 0 Å². The molecule has 0 aliphatic rings. The van der Waals surface area contributed by atoms with Crippen LogP contribution in [-0.2, 0) is 16.1 Å². The maximum atomic E-state index is 10.8. The normalized spacial score (nSPS) is 11.6. The van der Waals surface area contributed by atoms with Crippen molar-refractivity contribution in [2.24, 2.45) is 7.05 Å². The lowest BCUT2D eigenvalue weighted by Gasteiger charge is -1.92. The minimum atomic E-state index is -3.73. The molecule has 7 heteroatoms. The summed E-state index contributed by atoms with van der Waals surface area (Å²) in [6.45, 7) is 0. The SMILES string of the molecule is COc1cc(S(=O)(=O)Cl)n(C)n1. The second-order valence-electron chi connectivity index (χ2n) is 2.09. The third-order valence-corrected chi connectivity index (χ3v) is 2.63. The van der Waals surface area contributed by atoms with Gasteiger partial charge in [-0.25, -0.2) is 8.42 Å². The van der Waals surface area contributed by atoms with E-state index < -0.39 is 9.05 Å². The highest BCUT2D eigenvalue weighted by molar-refractivity contribution is 8.13. The van der Waals surface area contributed by atoms with Crippen molar-refractivity contribution < 1.29 is 13.2 Å². The number of methoxy groups -OCH3 is 1. The van der Waals surface area contributed by atoms with Crippen LogP contribution in [-0.4, -0.2) is 25.3 Å². The fraction of sp³-hybridized carbons (Fsp3) is 0.400. The van der Waals surface area contributed by atoms with Gasteiger partial charge in [-0.15, -0.1) is 5.10 Å². The van der Waals surface area contributed by atoms with Crippen molar-refractivity contribution in [3.63, 3.8) is 0 Å². The number of aryl methyl sites for hydroxylation is 1. The molecule has 0 N–H and O–H groups in total. The Morgan fingerprint density at radius 1 is 1.67 bits per heavy atom. The summed E-state index contributed by atoms with van der Waals surface area (Å²) in [6, 6.07) is 1.25. The van der Waals surface area contributed by atoms with Gasteiger partial charge in [0.25, 0.3) is 9.05 Å². The smallest absolute Gasteiger partial charge is 0.278 e. The van der Waals surface area contributed by atoms with Gasteiger partial charge in [0.05, 0.1) is 7.11 Å². The van der Waals surface area contributed by atoms with Crippen molar-refractivity contribution in [2.45, 2.75) is 5.03 Å². The van der Waals surface area contributed by atoms with Crippen molar-refractivity contribution in [3.05, 3.63) is 6.07 Å². The zero-order valence-corrected chi connectivity index (χ0v) is 8.06. The summed E-state index contributed by atoms with van der Waals surface area (Å²) in [6.07, 6.45) is 0. The first-order valence-corrected chi connectivity index (χ1v) is 5.29. The quantitative estimate of drug-likeness (QED) is 0.662. The summed E-state index contributed by atoms with van der Waals surface area (Å²) in [5.74, 6) is 0.219. The molecule has 0 aliphatic heterocycles. The third-order valence-electron chi connectivity index (χ3n) is 1.27. The van der Waals surface area contributed by atoms with Gasteiger partial charge in [-0.3, -0.25) is 4.68 Å². The number of aromatic nitrogens is 2. The molecular weight excluding hydrogens is 204 g/mol. The molecule has 0 saturated carbocycles. The molecule has 0 amide bonds. The lowest BCUT2D eigenvalue weighted by atomic mass is 10.7. The Kier molecular flexibility index (Phi) is 2.29. The van der Waals surface area contributed by atoms with Crippen molar-refractivity contribution in [2.75, 3.05) is 7.11 Å². The van der Waals surface area contributed by atoms with Gasteiger partial charge >= 0.3 is 0 Å². The van der Waals surface area contributed by atoms with E-state index in [1.807, 2.05) is 0 Å². The Balaban J connectivity index is 3.27. The van der Waals surface area contributed by atoms with E-state index in [2.05, 4.69) is 5.10 Å². The molecule has 0 radical (unpaired) electrons. The van der Waals surface area contributed by atoms with Crippen LogP contribution in [0.25, 0.3) is 0 Å². The third kappa shape index (κ3) is 1.70. The zero-order chi connectivity index (χ0) is 9.35. The Morgan fingerprint density at radius 3 is 2.50 bits per heavy atom. The lowest BCUT2D eigenvalue weighted by Crippen LogP contribution is -2.00. The van der Waals surface area contributed by atoms with E-state index in [1.165, 1.54) is 20.2 Å². The molecule has 0 unspecified atom stereocenters. The molecule has 1 rings (SSSR count). The summed E-state index contributed by atoms with van der Waals surface area (Å²) in [4.78, 5) is 0. The summed E-state index contributed by atoms with van der Waals surface area (Å²) in [5.41, 5.74) is 0. The standard InChI is InChI=1S/C5H7ClN2O3S/c1-8-5(12(6,9)10)3-4(7-8)11-2/h3H,1-2H3. The topological polar surface area (TPSA) is 61.2 Å². The minimum Gasteiger partial charge on any atom is -0.480 e. The van der Waals surface area contributed by atoms with Crippen LogP contribution in [0.5, 0.6) is 5.88 Å². The Morgan fingerprint density at radius 2 is 2.25 bits per heavy atom. The Bertz CT molecular complexity index is 383. The molecule has 5 nitrogen and oxygen atoms in total. The minimum absolute atomic E-state index is 0.0824. The predicted octanol–water partition coefficient (Wildman–Crippen LogP) is 0.356. The molecule has 0 bridgehead atoms. The van der Waals surface area contributed by atoms with Gasteiger partial charge in [0, 0.05) is 23.8 Å². The van der Waals surface area contributed by atoms with E-state index in [9.17, 15) is 8.42 Å². The van der Waals surface area contributed by atoms with Gasteiger partial charge in [0.15, 0.2) is 5.03 Å². The molecule has 68 valence electrons. The molecule has 0 aromatic carbocycles. The number of hydrogen-bond donors (Lipinski definition) is 0. The average molecular weight is 211 g/mol. The van der Waals surface area contributed by atoms with E-state index in [1.54, 1.807) is 0 Å². The second-order valence-corrected chi connectivity index (χ2v) is 4.60. The molecule has 0 spiro atoms. The molecule has 0 aliphatic carbocycles. The Labute approximate surface area is 74.3 Å². The van der Waals surface area contributed by atoms with Crippen molar-refractivity contribution in [1.29, 1.82) is 0 Å². The first kappa shape index (κ1) is 9.34. The molecule has 0 atom stereocenters. The highest BCUT2D eigenvalue weighted by Crippen LogP contribution is 2.18. The fourth-order valence-electron chi connectivity index (χ4n) is 0.753. The molecule has 1 heterocycles. The predicted molar refractivity (Wildman–Crippen MR) is 42.8 cm³/mol. The van der Waals surface area contributed by atoms with Crippen molar-refractivity contribution in [1.82, 2.24) is 9.78 Å². The molecule has 12 heavy (non-hydrogen) atoms. The van der Waals surface area contributed by atoms with E-state index in [4.69, 9.17) is 15.4 Å². The van der Waals surface area contributed by atoms with E-state index in [0.29, 0.717) is 0 Å². The van der Waals surface area contributed by atoms with Crippen LogP contribution in [0.15, 0.2) is 11.1 Å². The first-order valence-electron chi connectivity index (χ1n) is 2.98. The number of hydrogen-bond acceptors (Lipinski definition) is 4. The number of halogens is 1. The fourth-order valence-corrected chi connectivity index (χ4v) is 1.78. The maximum Gasteiger partial charge on any atom is 0.278 e. The van der Waals surface area contributed by atoms with E-state index in [0.717, 1.165) is 4.68 Å². The van der Waals surface area contributed by atoms with Crippen molar-refractivity contribution in [3.8, 4) is 5.88 Å². The zero-order valence-electron chi connectivity index (χ0n) is 6.48. The van der Waals surface area contributed by atoms with Crippen LogP contribution in [0.4, 0.5) is 0 Å². The van der Waals surface area contributed by atoms with Crippen LogP contribution < -0.4 is 4.74 Å². The van der Waals surface area contributed by atoms with Gasteiger partial charge in [-0.05, 0) is 0 Å². The number of ether oxygens (including phenoxy) is 1. The van der Waals surface area contributed by atoms with Crippen LogP contribution in [0.1, 0.15) is 0 Å². The van der Waals surface area contributed by atoms with Gasteiger partial charge in [0.2, 0.25) is 5.88 Å². The molecule has 0 fully saturated rings. The summed E-state index contributed by atoms with van der Waals surface area (Å²) >= 11 is 0. The van der Waals surface area contributed by atoms with Crippen LogP contribution >= 0.6 is 10.7 Å². The summed E-state index contributed by atoms with van der Waals surface area (Å²) in [7, 11) is 4.23. The lowest BCUT2D eigenvalue weighted by molar-refractivity contribution is 0.391. The monoisotopic (exact) mass is 210 g/mol. The van der Waals surface area contributed by atoms with Gasteiger partial charge < -0.3 is 4.74 Å². The van der Waals surface area contributed by atoms with Gasteiger partial charge in [0.1, 0.15) is 0 Å². The average Bonchev–Trinajstić information content (AvgIpc) is 2.29. The number of nitrogens with zero attached hydrogens (tertiary/aromatic N) is 2. The molecule has 1 aromatic rings. The molecular formula is C5H7ClN2O3S.